The number of hydrogen-bond acceptors (Lipinski definition) is 4. The Morgan fingerprint density at radius 3 is 2.26 bits per heavy atom. The van der Waals surface area contributed by atoms with Crippen LogP contribution in [0.15, 0.2) is 6.07 Å². The van der Waals surface area contributed by atoms with Crippen molar-refractivity contribution < 1.29 is 13.2 Å². The van der Waals surface area contributed by atoms with E-state index in [4.69, 9.17) is 0 Å². The molecule has 1 fully saturated rings. The fraction of sp³-hybridized carbons (Fsp3) is 0.650. The third-order valence-electron chi connectivity index (χ3n) is 6.03. The summed E-state index contributed by atoms with van der Waals surface area (Å²) in [5, 5.41) is 6.21. The van der Waals surface area contributed by atoms with E-state index in [1.165, 1.54) is 22.3 Å². The maximum atomic E-state index is 12.5. The molecular weight excluding hydrogens is 362 g/mol. The molecule has 3 aliphatic rings. The molecule has 3 N–H and O–H groups in total. The van der Waals surface area contributed by atoms with E-state index in [1.54, 1.807) is 0 Å². The Morgan fingerprint density at radius 2 is 1.70 bits per heavy atom. The third kappa shape index (κ3) is 3.99. The number of anilines is 1. The Labute approximate surface area is 161 Å². The Balaban J connectivity index is 1.46. The standard InChI is InChI=1S/C20H29N3O3S/c1-2-11-21-20(9-10-20)13-27(25,26)23-19(24)22-18-16-7-3-5-14(16)12-15-6-4-8-17(15)18/h12,21H,2-11,13H2,1H3,(H2,22,23,24). The first-order valence-electron chi connectivity index (χ1n) is 10.1. The minimum absolute atomic E-state index is 0.0432. The highest BCUT2D eigenvalue weighted by atomic mass is 32.2. The minimum Gasteiger partial charge on any atom is -0.310 e. The van der Waals surface area contributed by atoms with Crippen molar-refractivity contribution in [2.45, 2.75) is 70.3 Å². The lowest BCUT2D eigenvalue weighted by Crippen LogP contribution is -2.45. The first kappa shape index (κ1) is 18.7. The zero-order valence-electron chi connectivity index (χ0n) is 16.0. The van der Waals surface area contributed by atoms with Crippen molar-refractivity contribution in [3.63, 3.8) is 0 Å². The van der Waals surface area contributed by atoms with Crippen molar-refractivity contribution in [2.75, 3.05) is 17.6 Å². The number of sulfonamides is 1. The second-order valence-electron chi connectivity index (χ2n) is 8.26. The Bertz CT molecular complexity index is 827. The number of aryl methyl sites for hydroxylation is 2. The highest BCUT2D eigenvalue weighted by molar-refractivity contribution is 7.90. The van der Waals surface area contributed by atoms with Gasteiger partial charge in [-0.15, -0.1) is 0 Å². The van der Waals surface area contributed by atoms with Gasteiger partial charge in [0.15, 0.2) is 0 Å². The number of hydrogen-bond donors (Lipinski definition) is 3. The number of benzene rings is 1. The third-order valence-corrected chi connectivity index (χ3v) is 7.46. The molecule has 1 saturated carbocycles. The minimum atomic E-state index is -3.68. The number of carbonyl (C=O) groups excluding carboxylic acids is 1. The monoisotopic (exact) mass is 391 g/mol. The van der Waals surface area contributed by atoms with Gasteiger partial charge in [-0.05, 0) is 86.6 Å². The van der Waals surface area contributed by atoms with Gasteiger partial charge in [0.2, 0.25) is 10.0 Å². The molecule has 0 radical (unpaired) electrons. The summed E-state index contributed by atoms with van der Waals surface area (Å²) in [4.78, 5) is 12.5. The smallest absolute Gasteiger partial charge is 0.310 e. The van der Waals surface area contributed by atoms with Crippen LogP contribution in [0.25, 0.3) is 0 Å². The molecule has 6 nitrogen and oxygen atoms in total. The van der Waals surface area contributed by atoms with Crippen LogP contribution in [0.3, 0.4) is 0 Å². The molecule has 27 heavy (non-hydrogen) atoms. The summed E-state index contributed by atoms with van der Waals surface area (Å²) >= 11 is 0. The maximum absolute atomic E-state index is 12.5. The van der Waals surface area contributed by atoms with Crippen LogP contribution in [-0.4, -0.2) is 32.3 Å². The van der Waals surface area contributed by atoms with Crippen LogP contribution in [0.4, 0.5) is 10.5 Å². The van der Waals surface area contributed by atoms with E-state index in [-0.39, 0.29) is 11.3 Å². The number of rotatable bonds is 7. The van der Waals surface area contributed by atoms with E-state index >= 15 is 0 Å². The maximum Gasteiger partial charge on any atom is 0.332 e. The number of amides is 2. The van der Waals surface area contributed by atoms with Crippen molar-refractivity contribution >= 4 is 21.7 Å². The first-order valence-corrected chi connectivity index (χ1v) is 11.8. The average molecular weight is 392 g/mol. The lowest BCUT2D eigenvalue weighted by molar-refractivity contribution is 0.256. The van der Waals surface area contributed by atoms with Crippen LogP contribution in [0.5, 0.6) is 0 Å². The van der Waals surface area contributed by atoms with Crippen LogP contribution >= 0.6 is 0 Å². The van der Waals surface area contributed by atoms with Gasteiger partial charge in [0.05, 0.1) is 5.75 Å². The molecule has 148 valence electrons. The fourth-order valence-corrected chi connectivity index (χ4v) is 6.08. The molecule has 2 amide bonds. The quantitative estimate of drug-likeness (QED) is 0.667. The molecule has 1 aromatic rings. The summed E-state index contributed by atoms with van der Waals surface area (Å²) in [5.41, 5.74) is 5.55. The normalized spacial score (nSPS) is 19.4. The highest BCUT2D eigenvalue weighted by Crippen LogP contribution is 2.39. The average Bonchev–Trinajstić information content (AvgIpc) is 2.99. The first-order chi connectivity index (χ1) is 12.9. The van der Waals surface area contributed by atoms with E-state index in [2.05, 4.69) is 28.3 Å². The number of urea groups is 1. The summed E-state index contributed by atoms with van der Waals surface area (Å²) in [6, 6.07) is 1.66. The number of nitrogens with one attached hydrogen (secondary N) is 3. The second kappa shape index (κ2) is 7.09. The van der Waals surface area contributed by atoms with Crippen molar-refractivity contribution in [2.24, 2.45) is 0 Å². The van der Waals surface area contributed by atoms with Gasteiger partial charge in [-0.3, -0.25) is 0 Å². The van der Waals surface area contributed by atoms with Gasteiger partial charge in [-0.2, -0.15) is 0 Å². The van der Waals surface area contributed by atoms with Crippen LogP contribution in [-0.2, 0) is 35.7 Å². The summed E-state index contributed by atoms with van der Waals surface area (Å²) in [5.74, 6) is -0.0432. The van der Waals surface area contributed by atoms with E-state index in [0.29, 0.717) is 0 Å². The molecule has 7 heteroatoms. The van der Waals surface area contributed by atoms with Gasteiger partial charge in [-0.1, -0.05) is 13.0 Å². The molecule has 0 bridgehead atoms. The Hall–Kier alpha value is -1.60. The van der Waals surface area contributed by atoms with Crippen LogP contribution in [0, 0.1) is 0 Å². The number of carbonyl (C=O) groups is 1. The summed E-state index contributed by atoms with van der Waals surface area (Å²) in [7, 11) is -3.68. The van der Waals surface area contributed by atoms with E-state index in [9.17, 15) is 13.2 Å². The van der Waals surface area contributed by atoms with Gasteiger partial charge in [0.25, 0.3) is 0 Å². The topological polar surface area (TPSA) is 87.3 Å². The lowest BCUT2D eigenvalue weighted by atomic mass is 9.99. The molecule has 4 rings (SSSR count). The van der Waals surface area contributed by atoms with Crippen LogP contribution in [0.1, 0.15) is 61.3 Å². The molecule has 1 aromatic carbocycles. The van der Waals surface area contributed by atoms with Gasteiger partial charge in [0.1, 0.15) is 0 Å². The molecule has 0 aromatic heterocycles. The Kier molecular flexibility index (Phi) is 4.93. The summed E-state index contributed by atoms with van der Waals surface area (Å²) in [6.45, 7) is 2.85. The lowest BCUT2D eigenvalue weighted by Gasteiger charge is -2.19. The van der Waals surface area contributed by atoms with Crippen molar-refractivity contribution in [3.8, 4) is 0 Å². The molecule has 0 aliphatic heterocycles. The summed E-state index contributed by atoms with van der Waals surface area (Å²) in [6.07, 6.45) is 8.83. The molecular formula is C20H29N3O3S. The van der Waals surface area contributed by atoms with Gasteiger partial charge in [-0.25, -0.2) is 17.9 Å². The SMILES string of the molecule is CCCNC1(CS(=O)(=O)NC(=O)Nc2c3c(cc4c2CCC4)CCC3)CC1. The van der Waals surface area contributed by atoms with Crippen LogP contribution in [0.2, 0.25) is 0 Å². The molecule has 0 unspecified atom stereocenters. The highest BCUT2D eigenvalue weighted by Gasteiger charge is 2.46. The van der Waals surface area contributed by atoms with Crippen molar-refractivity contribution in [1.82, 2.24) is 10.0 Å². The molecule has 3 aliphatic carbocycles. The molecule has 0 atom stereocenters. The largest absolute Gasteiger partial charge is 0.332 e. The van der Waals surface area contributed by atoms with Crippen molar-refractivity contribution in [3.05, 3.63) is 28.3 Å². The van der Waals surface area contributed by atoms with Crippen LogP contribution < -0.4 is 15.4 Å². The van der Waals surface area contributed by atoms with Gasteiger partial charge >= 0.3 is 6.03 Å². The zero-order valence-corrected chi connectivity index (χ0v) is 16.8. The van der Waals surface area contributed by atoms with E-state index < -0.39 is 16.1 Å². The number of fused-ring (bicyclic) bond motifs is 2. The predicted molar refractivity (Wildman–Crippen MR) is 107 cm³/mol. The van der Waals surface area contributed by atoms with Gasteiger partial charge < -0.3 is 10.6 Å². The molecule has 0 saturated heterocycles. The predicted octanol–water partition coefficient (Wildman–Crippen LogP) is 2.65. The summed E-state index contributed by atoms with van der Waals surface area (Å²) < 4.78 is 27.3. The second-order valence-corrected chi connectivity index (χ2v) is 9.98. The zero-order chi connectivity index (χ0) is 19.1. The fourth-order valence-electron chi connectivity index (χ4n) is 4.56. The van der Waals surface area contributed by atoms with E-state index in [1.807, 2.05) is 0 Å². The van der Waals surface area contributed by atoms with E-state index in [0.717, 1.165) is 70.0 Å². The molecule has 0 spiro atoms. The van der Waals surface area contributed by atoms with Gasteiger partial charge in [0, 0.05) is 11.2 Å². The molecule has 0 heterocycles. The Morgan fingerprint density at radius 1 is 1.07 bits per heavy atom. The van der Waals surface area contributed by atoms with Crippen molar-refractivity contribution in [1.29, 1.82) is 0 Å².